The van der Waals surface area contributed by atoms with E-state index in [0.717, 1.165) is 33.0 Å². The minimum atomic E-state index is -0.601. The molecule has 0 aliphatic rings. The van der Waals surface area contributed by atoms with Gasteiger partial charge in [-0.25, -0.2) is 4.68 Å². The summed E-state index contributed by atoms with van der Waals surface area (Å²) in [6, 6.07) is 20.2. The number of rotatable bonds is 4. The van der Waals surface area contributed by atoms with E-state index in [1.54, 1.807) is 23.0 Å². The van der Waals surface area contributed by atoms with Crippen LogP contribution in [0.25, 0.3) is 21.9 Å². The molecule has 1 heterocycles. The zero-order valence-electron chi connectivity index (χ0n) is 15.8. The first kappa shape index (κ1) is 17.7. The Hall–Kier alpha value is -3.65. The van der Waals surface area contributed by atoms with Crippen molar-refractivity contribution in [2.45, 2.75) is 25.8 Å². The van der Waals surface area contributed by atoms with Crippen LogP contribution < -0.4 is 0 Å². The van der Waals surface area contributed by atoms with Crippen LogP contribution in [0.1, 0.15) is 25.0 Å². The highest BCUT2D eigenvalue weighted by molar-refractivity contribution is 5.88. The van der Waals surface area contributed by atoms with Gasteiger partial charge in [-0.3, -0.25) is 0 Å². The molecule has 0 fully saturated rings. The molecule has 28 heavy (non-hydrogen) atoms. The van der Waals surface area contributed by atoms with Gasteiger partial charge >= 0.3 is 0 Å². The summed E-state index contributed by atoms with van der Waals surface area (Å²) >= 11 is 0. The van der Waals surface area contributed by atoms with Crippen LogP contribution in [0, 0.1) is 11.3 Å². The summed E-state index contributed by atoms with van der Waals surface area (Å²) in [5.74, 6) is 0.258. The number of phenols is 1. The number of hydrogen-bond acceptors (Lipinski definition) is 4. The van der Waals surface area contributed by atoms with Crippen LogP contribution in [0.5, 0.6) is 5.75 Å². The number of benzene rings is 3. The van der Waals surface area contributed by atoms with Gasteiger partial charge in [0.2, 0.25) is 0 Å². The fourth-order valence-electron chi connectivity index (χ4n) is 3.29. The highest BCUT2D eigenvalue weighted by Crippen LogP contribution is 2.32. The van der Waals surface area contributed by atoms with E-state index >= 15 is 0 Å². The Labute approximate surface area is 163 Å². The molecule has 0 aliphatic heterocycles. The number of nitriles is 1. The molecule has 0 amide bonds. The number of nitrogens with zero attached hydrogens (tertiary/aromatic N) is 4. The van der Waals surface area contributed by atoms with Gasteiger partial charge in [-0.1, -0.05) is 29.5 Å². The molecule has 0 aliphatic carbocycles. The van der Waals surface area contributed by atoms with E-state index in [2.05, 4.69) is 40.6 Å². The van der Waals surface area contributed by atoms with Crippen molar-refractivity contribution in [3.8, 4) is 22.9 Å². The van der Waals surface area contributed by atoms with Gasteiger partial charge in [0.1, 0.15) is 5.75 Å². The Balaban J connectivity index is 1.84. The number of aromatic hydroxyl groups is 1. The number of phenolic OH excluding ortho intramolecular Hbond substituents is 1. The first-order valence-electron chi connectivity index (χ1n) is 9.07. The van der Waals surface area contributed by atoms with E-state index in [1.165, 1.54) is 0 Å². The third-order valence-corrected chi connectivity index (χ3v) is 4.97. The fraction of sp³-hybridized carbons (Fsp3) is 0.174. The third-order valence-electron chi connectivity index (χ3n) is 4.97. The molecule has 0 unspecified atom stereocenters. The lowest BCUT2D eigenvalue weighted by molar-refractivity contribution is 0.476. The smallest absolute Gasteiger partial charge is 0.116 e. The summed E-state index contributed by atoms with van der Waals surface area (Å²) in [5.41, 5.74) is 3.54. The molecule has 4 aromatic rings. The number of fused-ring (bicyclic) bond motifs is 1. The lowest BCUT2D eigenvalue weighted by Crippen LogP contribution is -2.15. The van der Waals surface area contributed by atoms with Crippen LogP contribution in [0.3, 0.4) is 0 Å². The second kappa shape index (κ2) is 6.82. The van der Waals surface area contributed by atoms with Crippen LogP contribution in [0.4, 0.5) is 0 Å². The topological polar surface area (TPSA) is 74.7 Å². The highest BCUT2D eigenvalue weighted by atomic mass is 16.3. The van der Waals surface area contributed by atoms with Gasteiger partial charge in [0, 0.05) is 6.20 Å². The number of aromatic nitrogens is 3. The summed E-state index contributed by atoms with van der Waals surface area (Å²) in [6.45, 7) is 4.44. The molecular weight excluding hydrogens is 348 g/mol. The average Bonchev–Trinajstić information content (AvgIpc) is 3.20. The van der Waals surface area contributed by atoms with E-state index < -0.39 is 5.41 Å². The molecule has 138 valence electrons. The summed E-state index contributed by atoms with van der Waals surface area (Å²) in [7, 11) is 0. The zero-order chi connectivity index (χ0) is 19.7. The molecule has 5 heteroatoms. The standard InChI is InChI=1S/C23H20N4O/c1-23(2,15-24)21-10-16(14-27-8-7-25-26-27)9-20(12-21)18-3-4-19-13-22(28)6-5-17(19)11-18/h3-13,28H,14H2,1-2H3. The van der Waals surface area contributed by atoms with Gasteiger partial charge in [0.25, 0.3) is 0 Å². The highest BCUT2D eigenvalue weighted by Gasteiger charge is 2.21. The molecular formula is C23H20N4O. The maximum atomic E-state index is 9.68. The zero-order valence-corrected chi connectivity index (χ0v) is 15.8. The van der Waals surface area contributed by atoms with Crippen LogP contribution in [0.2, 0.25) is 0 Å². The van der Waals surface area contributed by atoms with Gasteiger partial charge in [-0.2, -0.15) is 5.26 Å². The Morgan fingerprint density at radius 2 is 1.79 bits per heavy atom. The molecule has 1 N–H and O–H groups in total. The Morgan fingerprint density at radius 3 is 2.54 bits per heavy atom. The van der Waals surface area contributed by atoms with Crippen LogP contribution >= 0.6 is 0 Å². The largest absolute Gasteiger partial charge is 0.508 e. The van der Waals surface area contributed by atoms with Crippen LogP contribution in [-0.4, -0.2) is 20.1 Å². The minimum Gasteiger partial charge on any atom is -0.508 e. The Bertz CT molecular complexity index is 1190. The lowest BCUT2D eigenvalue weighted by Gasteiger charge is -2.19. The average molecular weight is 368 g/mol. The molecule has 5 nitrogen and oxygen atoms in total. The van der Waals surface area contributed by atoms with Gasteiger partial charge in [0.05, 0.1) is 24.2 Å². The molecule has 0 saturated carbocycles. The molecule has 0 atom stereocenters. The molecule has 0 saturated heterocycles. The van der Waals surface area contributed by atoms with Crippen molar-refractivity contribution in [1.29, 1.82) is 5.26 Å². The quantitative estimate of drug-likeness (QED) is 0.569. The SMILES string of the molecule is CC(C)(C#N)c1cc(Cn2ccnn2)cc(-c2ccc3cc(O)ccc3c2)c1. The second-order valence-electron chi connectivity index (χ2n) is 7.50. The molecule has 4 rings (SSSR count). The fourth-order valence-corrected chi connectivity index (χ4v) is 3.29. The summed E-state index contributed by atoms with van der Waals surface area (Å²) in [5, 5.41) is 29.3. The number of hydrogen-bond donors (Lipinski definition) is 1. The van der Waals surface area contributed by atoms with Crippen molar-refractivity contribution < 1.29 is 5.11 Å². The predicted octanol–water partition coefficient (Wildman–Crippen LogP) is 4.65. The lowest BCUT2D eigenvalue weighted by atomic mass is 9.83. The van der Waals surface area contributed by atoms with Crippen LogP contribution in [0.15, 0.2) is 67.0 Å². The van der Waals surface area contributed by atoms with Crippen molar-refractivity contribution in [1.82, 2.24) is 15.0 Å². The summed E-state index contributed by atoms with van der Waals surface area (Å²) in [6.07, 6.45) is 3.48. The molecule has 0 spiro atoms. The normalized spacial score (nSPS) is 11.5. The maximum absolute atomic E-state index is 9.68. The van der Waals surface area contributed by atoms with E-state index in [0.29, 0.717) is 6.54 Å². The van der Waals surface area contributed by atoms with E-state index in [-0.39, 0.29) is 5.75 Å². The van der Waals surface area contributed by atoms with E-state index in [4.69, 9.17) is 0 Å². The van der Waals surface area contributed by atoms with Gasteiger partial charge in [-0.05, 0) is 77.2 Å². The summed E-state index contributed by atoms with van der Waals surface area (Å²) in [4.78, 5) is 0. The van der Waals surface area contributed by atoms with Crippen molar-refractivity contribution in [3.63, 3.8) is 0 Å². The van der Waals surface area contributed by atoms with Crippen LogP contribution in [-0.2, 0) is 12.0 Å². The Morgan fingerprint density at radius 1 is 1.00 bits per heavy atom. The second-order valence-corrected chi connectivity index (χ2v) is 7.50. The summed E-state index contributed by atoms with van der Waals surface area (Å²) < 4.78 is 1.77. The molecule has 3 aromatic carbocycles. The first-order chi connectivity index (χ1) is 13.4. The maximum Gasteiger partial charge on any atom is 0.116 e. The first-order valence-corrected chi connectivity index (χ1v) is 9.07. The van der Waals surface area contributed by atoms with Gasteiger partial charge in [-0.15, -0.1) is 5.10 Å². The molecule has 0 radical (unpaired) electrons. The molecule has 1 aromatic heterocycles. The van der Waals surface area contributed by atoms with E-state index in [9.17, 15) is 10.4 Å². The Kier molecular flexibility index (Phi) is 4.32. The minimum absolute atomic E-state index is 0.258. The van der Waals surface area contributed by atoms with Gasteiger partial charge in [0.15, 0.2) is 0 Å². The van der Waals surface area contributed by atoms with Crippen molar-refractivity contribution in [2.24, 2.45) is 0 Å². The van der Waals surface area contributed by atoms with Gasteiger partial charge < -0.3 is 5.11 Å². The molecule has 0 bridgehead atoms. The predicted molar refractivity (Wildman–Crippen MR) is 109 cm³/mol. The van der Waals surface area contributed by atoms with Crippen molar-refractivity contribution >= 4 is 10.8 Å². The van der Waals surface area contributed by atoms with Crippen molar-refractivity contribution in [2.75, 3.05) is 0 Å². The van der Waals surface area contributed by atoms with Crippen molar-refractivity contribution in [3.05, 3.63) is 78.1 Å². The third kappa shape index (κ3) is 3.45. The monoisotopic (exact) mass is 368 g/mol. The van der Waals surface area contributed by atoms with E-state index in [1.807, 2.05) is 38.2 Å².